The van der Waals surface area contributed by atoms with E-state index in [4.69, 9.17) is 12.2 Å². The third-order valence-corrected chi connectivity index (χ3v) is 8.37. The molecule has 5 rings (SSSR count). The van der Waals surface area contributed by atoms with Gasteiger partial charge in [0.05, 0.1) is 17.1 Å². The van der Waals surface area contributed by atoms with Gasteiger partial charge >= 0.3 is 6.36 Å². The summed E-state index contributed by atoms with van der Waals surface area (Å²) in [5.74, 6) is 0.797. The van der Waals surface area contributed by atoms with Gasteiger partial charge in [-0.15, -0.1) is 18.3 Å². The van der Waals surface area contributed by atoms with Crippen LogP contribution in [0.15, 0.2) is 78.0 Å². The number of anilines is 1. The first kappa shape index (κ1) is 32.2. The number of ether oxygens (including phenoxy) is 1. The summed E-state index contributed by atoms with van der Waals surface area (Å²) < 4.78 is 42.7. The molecule has 1 N–H and O–H groups in total. The molecule has 1 aliphatic rings. The van der Waals surface area contributed by atoms with E-state index in [-0.39, 0.29) is 23.5 Å². The van der Waals surface area contributed by atoms with Crippen molar-refractivity contribution in [1.29, 1.82) is 0 Å². The van der Waals surface area contributed by atoms with Gasteiger partial charge in [0.15, 0.2) is 16.1 Å². The maximum atomic E-state index is 12.9. The quantitative estimate of drug-likeness (QED) is 0.199. The summed E-state index contributed by atoms with van der Waals surface area (Å²) in [6, 6.07) is 19.1. The van der Waals surface area contributed by atoms with Gasteiger partial charge in [0.1, 0.15) is 12.1 Å². The minimum Gasteiger partial charge on any atom is -0.406 e. The number of thiocarbonyl (C=S) groups is 1. The average molecular weight is 653 g/mol. The second kappa shape index (κ2) is 13.4. The van der Waals surface area contributed by atoms with E-state index in [1.807, 2.05) is 36.4 Å². The lowest BCUT2D eigenvalue weighted by molar-refractivity contribution is -0.274. The number of aromatic nitrogens is 3. The largest absolute Gasteiger partial charge is 0.573 e. The van der Waals surface area contributed by atoms with E-state index < -0.39 is 6.36 Å². The number of nitrogens with one attached hydrogen (secondary N) is 1. The molecule has 1 fully saturated rings. The highest BCUT2D eigenvalue weighted by Crippen LogP contribution is 2.35. The number of rotatable bonds is 8. The highest BCUT2D eigenvalue weighted by atomic mass is 32.2. The zero-order chi connectivity index (χ0) is 32.3. The van der Waals surface area contributed by atoms with Crippen LogP contribution in [0, 0.1) is 6.92 Å². The number of hydrogen-bond donors (Lipinski definition) is 1. The number of benzene rings is 3. The molecule has 0 saturated carbocycles. The van der Waals surface area contributed by atoms with Crippen molar-refractivity contribution in [1.82, 2.24) is 20.1 Å². The van der Waals surface area contributed by atoms with Gasteiger partial charge in [-0.25, -0.2) is 9.67 Å². The maximum absolute atomic E-state index is 12.9. The van der Waals surface area contributed by atoms with Gasteiger partial charge in [0, 0.05) is 12.1 Å². The number of alkyl halides is 3. The average Bonchev–Trinajstić information content (AvgIpc) is 3.62. The van der Waals surface area contributed by atoms with Crippen LogP contribution >= 0.6 is 24.0 Å². The Bertz CT molecular complexity index is 1720. The smallest absolute Gasteiger partial charge is 0.406 e. The molecule has 3 aromatic carbocycles. The first-order chi connectivity index (χ1) is 21.4. The zero-order valence-corrected chi connectivity index (χ0v) is 26.6. The standard InChI is InChI=1S/C32H31F3N6O2S2/c1-19(2)28-20(3)6-5-7-26(28)41-27(42)17-45-31(41)38-30(44)36-16-21(4)22-8-10-23(11-9-22)29-37-18-40(39-29)24-12-14-25(15-13-24)43-32(33,34)35/h5-15,18-19,21H,16-17H2,1-4H3,(H,36,44)/b38-31-. The molecule has 0 bridgehead atoms. The van der Waals surface area contributed by atoms with Crippen LogP contribution in [0.3, 0.4) is 0 Å². The van der Waals surface area contributed by atoms with Crippen molar-refractivity contribution in [2.75, 3.05) is 17.2 Å². The lowest BCUT2D eigenvalue weighted by Gasteiger charge is -2.23. The van der Waals surface area contributed by atoms with E-state index in [0.29, 0.717) is 34.1 Å². The monoisotopic (exact) mass is 652 g/mol. The van der Waals surface area contributed by atoms with E-state index >= 15 is 0 Å². The van der Waals surface area contributed by atoms with Crippen LogP contribution < -0.4 is 15.0 Å². The van der Waals surface area contributed by atoms with Crippen molar-refractivity contribution in [2.24, 2.45) is 4.99 Å². The van der Waals surface area contributed by atoms with Crippen molar-refractivity contribution in [3.8, 4) is 22.8 Å². The van der Waals surface area contributed by atoms with Gasteiger partial charge in [-0.3, -0.25) is 9.69 Å². The van der Waals surface area contributed by atoms with Crippen molar-refractivity contribution >= 4 is 45.9 Å². The number of amides is 1. The van der Waals surface area contributed by atoms with Crippen LogP contribution in [-0.4, -0.2) is 49.6 Å². The Morgan fingerprint density at radius 2 is 1.80 bits per heavy atom. The third-order valence-electron chi connectivity index (χ3n) is 7.21. The van der Waals surface area contributed by atoms with Gasteiger partial charge in [-0.1, -0.05) is 68.9 Å². The molecule has 13 heteroatoms. The summed E-state index contributed by atoms with van der Waals surface area (Å²) in [6.45, 7) is 8.88. The molecule has 1 aromatic heterocycles. The SMILES string of the molecule is Cc1cccc(N2C(=O)CS/C2=N\C(=S)NCC(C)c2ccc(-c3ncn(-c4ccc(OC(F)(F)F)cc4)n3)cc2)c1C(C)C. The molecular formula is C32H31F3N6O2S2. The summed E-state index contributed by atoms with van der Waals surface area (Å²) >= 11 is 6.92. The highest BCUT2D eigenvalue weighted by molar-refractivity contribution is 8.15. The molecule has 8 nitrogen and oxygen atoms in total. The second-order valence-electron chi connectivity index (χ2n) is 10.8. The van der Waals surface area contributed by atoms with Gasteiger partial charge in [0.2, 0.25) is 5.91 Å². The molecule has 234 valence electrons. The highest BCUT2D eigenvalue weighted by Gasteiger charge is 2.33. The molecule has 0 spiro atoms. The van der Waals surface area contributed by atoms with Gasteiger partial charge < -0.3 is 10.1 Å². The van der Waals surface area contributed by atoms with Crippen LogP contribution in [0.25, 0.3) is 17.1 Å². The summed E-state index contributed by atoms with van der Waals surface area (Å²) in [5.41, 5.74) is 5.49. The summed E-state index contributed by atoms with van der Waals surface area (Å²) in [6.07, 6.45) is -3.25. The first-order valence-corrected chi connectivity index (χ1v) is 15.6. The molecule has 45 heavy (non-hydrogen) atoms. The van der Waals surface area contributed by atoms with Crippen molar-refractivity contribution in [3.05, 3.63) is 89.7 Å². The summed E-state index contributed by atoms with van der Waals surface area (Å²) in [5, 5.41) is 8.56. The van der Waals surface area contributed by atoms with Crippen LogP contribution in [0.5, 0.6) is 5.75 Å². The fourth-order valence-corrected chi connectivity index (χ4v) is 6.15. The van der Waals surface area contributed by atoms with E-state index in [1.165, 1.54) is 47.0 Å². The summed E-state index contributed by atoms with van der Waals surface area (Å²) in [4.78, 5) is 23.5. The molecule has 0 radical (unpaired) electrons. The molecule has 2 heterocycles. The number of aryl methyl sites for hydroxylation is 1. The van der Waals surface area contributed by atoms with Crippen molar-refractivity contribution in [3.63, 3.8) is 0 Å². The van der Waals surface area contributed by atoms with E-state index in [1.54, 1.807) is 4.90 Å². The van der Waals surface area contributed by atoms with Crippen LogP contribution in [0.2, 0.25) is 0 Å². The minimum absolute atomic E-state index is 0.0183. The molecule has 4 aromatic rings. The number of carbonyl (C=O) groups excluding carboxylic acids is 1. The maximum Gasteiger partial charge on any atom is 0.573 e. The lowest BCUT2D eigenvalue weighted by atomic mass is 9.95. The number of halogens is 3. The fourth-order valence-electron chi connectivity index (χ4n) is 5.06. The fraction of sp³-hybridized carbons (Fsp3) is 0.281. The van der Waals surface area contributed by atoms with Crippen LogP contribution in [-0.2, 0) is 4.79 Å². The molecule has 1 saturated heterocycles. The number of nitrogens with zero attached hydrogens (tertiary/aromatic N) is 5. The third kappa shape index (κ3) is 7.71. The summed E-state index contributed by atoms with van der Waals surface area (Å²) in [7, 11) is 0. The number of aliphatic imine (C=N–C) groups is 1. The van der Waals surface area contributed by atoms with Crippen LogP contribution in [0.1, 0.15) is 49.3 Å². The molecular weight excluding hydrogens is 622 g/mol. The Hall–Kier alpha value is -4.23. The second-order valence-corrected chi connectivity index (χ2v) is 12.2. The minimum atomic E-state index is -4.75. The molecule has 1 aliphatic heterocycles. The topological polar surface area (TPSA) is 84.6 Å². The molecule has 1 amide bonds. The Balaban J connectivity index is 1.20. The normalized spacial score (nSPS) is 15.2. The molecule has 0 aliphatic carbocycles. The molecule has 1 unspecified atom stereocenters. The Morgan fingerprint density at radius 1 is 1.09 bits per heavy atom. The zero-order valence-electron chi connectivity index (χ0n) is 25.0. The number of carbonyl (C=O) groups is 1. The Labute approximate surface area is 268 Å². The van der Waals surface area contributed by atoms with Crippen molar-refractivity contribution in [2.45, 2.75) is 45.9 Å². The van der Waals surface area contributed by atoms with Gasteiger partial charge in [-0.2, -0.15) is 4.99 Å². The predicted octanol–water partition coefficient (Wildman–Crippen LogP) is 7.38. The van der Waals surface area contributed by atoms with Gasteiger partial charge in [-0.05, 0) is 78.0 Å². The number of hydrogen-bond acceptors (Lipinski definition) is 6. The number of amidine groups is 1. The van der Waals surface area contributed by atoms with E-state index in [9.17, 15) is 18.0 Å². The van der Waals surface area contributed by atoms with Crippen molar-refractivity contribution < 1.29 is 22.7 Å². The number of thioether (sulfide) groups is 1. The lowest BCUT2D eigenvalue weighted by Crippen LogP contribution is -2.33. The van der Waals surface area contributed by atoms with Crippen LogP contribution in [0.4, 0.5) is 18.9 Å². The Kier molecular flexibility index (Phi) is 9.59. The van der Waals surface area contributed by atoms with Gasteiger partial charge in [0.25, 0.3) is 0 Å². The predicted molar refractivity (Wildman–Crippen MR) is 175 cm³/mol. The van der Waals surface area contributed by atoms with E-state index in [0.717, 1.165) is 27.9 Å². The molecule has 1 atom stereocenters. The first-order valence-electron chi connectivity index (χ1n) is 14.2. The Morgan fingerprint density at radius 3 is 2.47 bits per heavy atom. The van der Waals surface area contributed by atoms with E-state index in [2.05, 4.69) is 58.9 Å².